The summed E-state index contributed by atoms with van der Waals surface area (Å²) in [6, 6.07) is 0.696. The lowest BCUT2D eigenvalue weighted by Crippen LogP contribution is -2.43. The third kappa shape index (κ3) is 3.85. The Bertz CT molecular complexity index is 402. The fraction of sp³-hybridized carbons (Fsp3) is 0.692. The van der Waals surface area contributed by atoms with Crippen molar-refractivity contribution in [3.8, 4) is 0 Å². The number of rotatable bonds is 2. The van der Waals surface area contributed by atoms with Gasteiger partial charge in [0.05, 0.1) is 5.51 Å². The first kappa shape index (κ1) is 17.7. The molecule has 0 aliphatic carbocycles. The van der Waals surface area contributed by atoms with Gasteiger partial charge in [-0.1, -0.05) is 0 Å². The lowest BCUT2D eigenvalue weighted by Gasteiger charge is -2.34. The van der Waals surface area contributed by atoms with Crippen LogP contribution in [0.4, 0.5) is 0 Å². The topological polar surface area (TPSA) is 45.2 Å². The predicted octanol–water partition coefficient (Wildman–Crippen LogP) is 2.59. The van der Waals surface area contributed by atoms with Gasteiger partial charge >= 0.3 is 0 Å². The van der Waals surface area contributed by atoms with Crippen LogP contribution in [0.1, 0.15) is 36.2 Å². The molecule has 20 heavy (non-hydrogen) atoms. The Hall–Kier alpha value is -0.360. The van der Waals surface area contributed by atoms with Crippen LogP contribution in [0.5, 0.6) is 0 Å². The molecule has 3 heterocycles. The van der Waals surface area contributed by atoms with Crippen molar-refractivity contribution in [2.24, 2.45) is 5.92 Å². The predicted molar refractivity (Wildman–Crippen MR) is 86.3 cm³/mol. The summed E-state index contributed by atoms with van der Waals surface area (Å²) in [6.07, 6.45) is 4.88. The molecule has 0 spiro atoms. The van der Waals surface area contributed by atoms with Crippen LogP contribution in [0, 0.1) is 5.92 Å². The van der Waals surface area contributed by atoms with Crippen molar-refractivity contribution >= 4 is 42.1 Å². The standard InChI is InChI=1S/C13H19N3OS.2ClH/c17-13(12-8-18-9-15-12)16-6-3-10(4-7-16)11-2-1-5-14-11;;/h8-11,14H,1-7H2;2*1H. The van der Waals surface area contributed by atoms with Crippen LogP contribution in [-0.2, 0) is 0 Å². The van der Waals surface area contributed by atoms with E-state index in [1.807, 2.05) is 10.3 Å². The Balaban J connectivity index is 0.000001000. The number of hydrogen-bond acceptors (Lipinski definition) is 4. The van der Waals surface area contributed by atoms with E-state index in [4.69, 9.17) is 0 Å². The van der Waals surface area contributed by atoms with Gasteiger partial charge in [-0.05, 0) is 38.1 Å². The zero-order chi connectivity index (χ0) is 12.4. The van der Waals surface area contributed by atoms with Gasteiger partial charge in [0, 0.05) is 24.5 Å². The van der Waals surface area contributed by atoms with Gasteiger partial charge in [0.2, 0.25) is 0 Å². The zero-order valence-corrected chi connectivity index (χ0v) is 13.7. The maximum Gasteiger partial charge on any atom is 0.273 e. The molecule has 7 heteroatoms. The number of carbonyl (C=O) groups is 1. The first-order valence-corrected chi connectivity index (χ1v) is 7.70. The van der Waals surface area contributed by atoms with E-state index in [9.17, 15) is 4.79 Å². The average Bonchev–Trinajstić information content (AvgIpc) is 3.11. The molecular formula is C13H21Cl2N3OS. The smallest absolute Gasteiger partial charge is 0.273 e. The number of aromatic nitrogens is 1. The van der Waals surface area contributed by atoms with Gasteiger partial charge in [-0.3, -0.25) is 4.79 Å². The van der Waals surface area contributed by atoms with Gasteiger partial charge in [-0.25, -0.2) is 4.98 Å². The largest absolute Gasteiger partial charge is 0.337 e. The summed E-state index contributed by atoms with van der Waals surface area (Å²) >= 11 is 1.48. The number of hydrogen-bond donors (Lipinski definition) is 1. The Morgan fingerprint density at radius 3 is 2.60 bits per heavy atom. The molecular weight excluding hydrogens is 317 g/mol. The number of piperidine rings is 1. The SMILES string of the molecule is Cl.Cl.O=C(c1cscn1)N1CCC(C2CCCN2)CC1. The highest BCUT2D eigenvalue weighted by molar-refractivity contribution is 7.07. The molecule has 2 aliphatic heterocycles. The van der Waals surface area contributed by atoms with Crippen molar-refractivity contribution in [3.63, 3.8) is 0 Å². The lowest BCUT2D eigenvalue weighted by molar-refractivity contribution is 0.0669. The molecule has 2 fully saturated rings. The number of likely N-dealkylation sites (tertiary alicyclic amines) is 1. The fourth-order valence-electron chi connectivity index (χ4n) is 3.10. The molecule has 1 aromatic heterocycles. The van der Waals surface area contributed by atoms with Crippen LogP contribution in [0.25, 0.3) is 0 Å². The minimum absolute atomic E-state index is 0. The molecule has 1 N–H and O–H groups in total. The van der Waals surface area contributed by atoms with E-state index in [-0.39, 0.29) is 30.7 Å². The second-order valence-corrected chi connectivity index (χ2v) is 5.92. The Labute approximate surface area is 136 Å². The van der Waals surface area contributed by atoms with Crippen molar-refractivity contribution in [1.29, 1.82) is 0 Å². The second-order valence-electron chi connectivity index (χ2n) is 5.21. The number of nitrogens with zero attached hydrogens (tertiary/aromatic N) is 2. The molecule has 2 aliphatic rings. The third-order valence-corrected chi connectivity index (χ3v) is 4.73. The summed E-state index contributed by atoms with van der Waals surface area (Å²) in [4.78, 5) is 18.2. The summed E-state index contributed by atoms with van der Waals surface area (Å²) in [6.45, 7) is 2.95. The Morgan fingerprint density at radius 1 is 1.30 bits per heavy atom. The van der Waals surface area contributed by atoms with E-state index in [2.05, 4.69) is 10.3 Å². The van der Waals surface area contributed by atoms with E-state index >= 15 is 0 Å². The maximum absolute atomic E-state index is 12.1. The first-order valence-electron chi connectivity index (χ1n) is 6.75. The molecule has 0 radical (unpaired) electrons. The number of amides is 1. The highest BCUT2D eigenvalue weighted by atomic mass is 35.5. The van der Waals surface area contributed by atoms with Crippen LogP contribution < -0.4 is 5.32 Å². The summed E-state index contributed by atoms with van der Waals surface area (Å²) in [7, 11) is 0. The molecule has 2 saturated heterocycles. The molecule has 0 aromatic carbocycles. The van der Waals surface area contributed by atoms with Gasteiger partial charge in [0.1, 0.15) is 5.69 Å². The first-order chi connectivity index (χ1) is 8.84. The van der Waals surface area contributed by atoms with E-state index in [1.165, 1.54) is 30.7 Å². The van der Waals surface area contributed by atoms with Gasteiger partial charge in [0.25, 0.3) is 5.91 Å². The number of carbonyl (C=O) groups excluding carboxylic acids is 1. The number of halogens is 2. The molecule has 0 saturated carbocycles. The second kappa shape index (κ2) is 8.17. The van der Waals surface area contributed by atoms with Crippen molar-refractivity contribution < 1.29 is 4.79 Å². The van der Waals surface area contributed by atoms with Gasteiger partial charge < -0.3 is 10.2 Å². The third-order valence-electron chi connectivity index (χ3n) is 4.15. The molecule has 1 aromatic rings. The van der Waals surface area contributed by atoms with Crippen molar-refractivity contribution in [1.82, 2.24) is 15.2 Å². The van der Waals surface area contributed by atoms with Crippen LogP contribution in [-0.4, -0.2) is 41.5 Å². The highest BCUT2D eigenvalue weighted by Crippen LogP contribution is 2.26. The summed E-state index contributed by atoms with van der Waals surface area (Å²) in [5, 5.41) is 5.42. The molecule has 1 atom stereocenters. The van der Waals surface area contributed by atoms with Crippen LogP contribution in [0.2, 0.25) is 0 Å². The van der Waals surface area contributed by atoms with Crippen LogP contribution in [0.15, 0.2) is 10.9 Å². The lowest BCUT2D eigenvalue weighted by atomic mass is 9.88. The van der Waals surface area contributed by atoms with E-state index in [1.54, 1.807) is 5.51 Å². The zero-order valence-electron chi connectivity index (χ0n) is 11.3. The quantitative estimate of drug-likeness (QED) is 0.902. The van der Waals surface area contributed by atoms with Crippen molar-refractivity contribution in [2.75, 3.05) is 19.6 Å². The summed E-state index contributed by atoms with van der Waals surface area (Å²) in [5.74, 6) is 0.862. The van der Waals surface area contributed by atoms with Gasteiger partial charge in [-0.15, -0.1) is 36.2 Å². The molecule has 0 bridgehead atoms. The van der Waals surface area contributed by atoms with Gasteiger partial charge in [-0.2, -0.15) is 0 Å². The van der Waals surface area contributed by atoms with Crippen molar-refractivity contribution in [2.45, 2.75) is 31.7 Å². The molecule has 1 amide bonds. The number of nitrogens with one attached hydrogen (secondary N) is 1. The van der Waals surface area contributed by atoms with Crippen molar-refractivity contribution in [3.05, 3.63) is 16.6 Å². The maximum atomic E-state index is 12.1. The molecule has 3 rings (SSSR count). The minimum Gasteiger partial charge on any atom is -0.337 e. The number of thiazole rings is 1. The normalized spacial score (nSPS) is 23.0. The van der Waals surface area contributed by atoms with E-state index in [0.717, 1.165) is 31.8 Å². The van der Waals surface area contributed by atoms with Gasteiger partial charge in [0.15, 0.2) is 0 Å². The summed E-state index contributed by atoms with van der Waals surface area (Å²) in [5.41, 5.74) is 2.33. The fourth-order valence-corrected chi connectivity index (χ4v) is 3.62. The molecule has 1 unspecified atom stereocenters. The minimum atomic E-state index is 0. The Kier molecular flexibility index (Phi) is 7.23. The average molecular weight is 338 g/mol. The monoisotopic (exact) mass is 337 g/mol. The van der Waals surface area contributed by atoms with Crippen LogP contribution >= 0.6 is 36.2 Å². The Morgan fingerprint density at radius 2 is 2.05 bits per heavy atom. The molecule has 114 valence electrons. The van der Waals surface area contributed by atoms with E-state index < -0.39 is 0 Å². The molecule has 4 nitrogen and oxygen atoms in total. The van der Waals surface area contributed by atoms with E-state index in [0.29, 0.717) is 11.7 Å². The van der Waals surface area contributed by atoms with Crippen LogP contribution in [0.3, 0.4) is 0 Å². The summed E-state index contributed by atoms with van der Waals surface area (Å²) < 4.78 is 0. The highest BCUT2D eigenvalue weighted by Gasteiger charge is 2.30.